The van der Waals surface area contributed by atoms with Gasteiger partial charge in [0, 0.05) is 0 Å². The van der Waals surface area contributed by atoms with Crippen LogP contribution in [-0.4, -0.2) is 34.6 Å². The Hall–Kier alpha value is -2.58. The third-order valence-corrected chi connectivity index (χ3v) is 3.29. The average Bonchev–Trinajstić information content (AvgIpc) is 2.37. The van der Waals surface area contributed by atoms with Crippen molar-refractivity contribution in [3.63, 3.8) is 0 Å². The van der Waals surface area contributed by atoms with Crippen LogP contribution >= 0.6 is 0 Å². The van der Waals surface area contributed by atoms with Gasteiger partial charge in [-0.1, -0.05) is 0 Å². The van der Waals surface area contributed by atoms with E-state index < -0.39 is 29.5 Å². The number of nitrogens with zero attached hydrogens (tertiary/aromatic N) is 1. The van der Waals surface area contributed by atoms with Crippen LogP contribution in [0.15, 0.2) is 18.2 Å². The minimum absolute atomic E-state index is 0.165. The van der Waals surface area contributed by atoms with Crippen molar-refractivity contribution in [2.75, 3.05) is 10.2 Å². The molecule has 1 aliphatic heterocycles. The zero-order valence-corrected chi connectivity index (χ0v) is 11.5. The van der Waals surface area contributed by atoms with Gasteiger partial charge in [-0.05, 0) is 32.0 Å². The highest BCUT2D eigenvalue weighted by atomic mass is 19.4. The molecule has 0 radical (unpaired) electrons. The molecule has 22 heavy (non-hydrogen) atoms. The van der Waals surface area contributed by atoms with Gasteiger partial charge in [-0.15, -0.1) is 0 Å². The minimum atomic E-state index is -5.17. The number of carbonyl (C=O) groups excluding carboxylic acids is 2. The van der Waals surface area contributed by atoms with E-state index in [1.54, 1.807) is 0 Å². The summed E-state index contributed by atoms with van der Waals surface area (Å²) in [6.07, 6.45) is -5.17. The van der Waals surface area contributed by atoms with Gasteiger partial charge >= 0.3 is 18.1 Å². The molecule has 1 aromatic carbocycles. The number of hydrogen-bond donors (Lipinski definition) is 2. The number of aromatic carboxylic acids is 1. The van der Waals surface area contributed by atoms with Gasteiger partial charge in [0.25, 0.3) is 0 Å². The molecule has 0 aliphatic carbocycles. The molecule has 1 heterocycles. The van der Waals surface area contributed by atoms with Crippen molar-refractivity contribution in [1.82, 2.24) is 0 Å². The molecule has 0 aromatic heterocycles. The van der Waals surface area contributed by atoms with E-state index in [-0.39, 0.29) is 16.9 Å². The zero-order valence-electron chi connectivity index (χ0n) is 11.5. The number of anilines is 2. The topological polar surface area (TPSA) is 86.7 Å². The standard InChI is InChI=1S/C13H11F3N2O4/c1-12(2)10(21)17-7-5-6(9(19)20)3-4-8(7)18(12)11(22)13(14,15)16/h3-5H,1-2H3,(H,17,21)(H,19,20). The van der Waals surface area contributed by atoms with Gasteiger partial charge in [0.15, 0.2) is 0 Å². The first kappa shape index (κ1) is 15.8. The van der Waals surface area contributed by atoms with Gasteiger partial charge in [0.2, 0.25) is 5.91 Å². The average molecular weight is 316 g/mol. The van der Waals surface area contributed by atoms with Crippen LogP contribution in [0.5, 0.6) is 0 Å². The Morgan fingerprint density at radius 1 is 1.27 bits per heavy atom. The van der Waals surface area contributed by atoms with Crippen LogP contribution < -0.4 is 10.2 Å². The first-order chi connectivity index (χ1) is 9.96. The predicted octanol–water partition coefficient (Wildman–Crippen LogP) is 2.01. The highest BCUT2D eigenvalue weighted by molar-refractivity contribution is 6.15. The Morgan fingerprint density at radius 2 is 1.86 bits per heavy atom. The molecule has 1 aliphatic rings. The van der Waals surface area contributed by atoms with Crippen LogP contribution in [0.2, 0.25) is 0 Å². The lowest BCUT2D eigenvalue weighted by molar-refractivity contribution is -0.172. The number of halogens is 3. The van der Waals surface area contributed by atoms with Gasteiger partial charge in [-0.2, -0.15) is 13.2 Å². The fourth-order valence-electron chi connectivity index (χ4n) is 2.13. The molecule has 0 saturated heterocycles. The summed E-state index contributed by atoms with van der Waals surface area (Å²) in [5.74, 6) is -4.35. The van der Waals surface area contributed by atoms with Crippen LogP contribution in [-0.2, 0) is 9.59 Å². The van der Waals surface area contributed by atoms with Crippen molar-refractivity contribution >= 4 is 29.2 Å². The maximum atomic E-state index is 12.8. The van der Waals surface area contributed by atoms with Crippen molar-refractivity contribution in [3.05, 3.63) is 23.8 Å². The number of carboxylic acids is 1. The van der Waals surface area contributed by atoms with Crippen molar-refractivity contribution in [1.29, 1.82) is 0 Å². The number of hydrogen-bond acceptors (Lipinski definition) is 3. The summed E-state index contributed by atoms with van der Waals surface area (Å²) >= 11 is 0. The van der Waals surface area contributed by atoms with E-state index in [1.165, 1.54) is 13.8 Å². The molecule has 0 bridgehead atoms. The van der Waals surface area contributed by atoms with Crippen LogP contribution in [0.25, 0.3) is 0 Å². The second-order valence-electron chi connectivity index (χ2n) is 5.19. The lowest BCUT2D eigenvalue weighted by Gasteiger charge is -2.42. The molecule has 0 fully saturated rings. The molecular formula is C13H11F3N2O4. The summed E-state index contributed by atoms with van der Waals surface area (Å²) in [4.78, 5) is 34.9. The second kappa shape index (κ2) is 4.72. The quantitative estimate of drug-likeness (QED) is 0.830. The monoisotopic (exact) mass is 316 g/mol. The molecular weight excluding hydrogens is 305 g/mol. The van der Waals surface area contributed by atoms with E-state index >= 15 is 0 Å². The number of alkyl halides is 3. The van der Waals surface area contributed by atoms with E-state index in [9.17, 15) is 27.6 Å². The van der Waals surface area contributed by atoms with Crippen LogP contribution in [0.1, 0.15) is 24.2 Å². The smallest absolute Gasteiger partial charge is 0.471 e. The summed E-state index contributed by atoms with van der Waals surface area (Å²) < 4.78 is 38.4. The number of carboxylic acid groups (broad SMARTS) is 1. The van der Waals surface area contributed by atoms with Crippen molar-refractivity contribution < 1.29 is 32.7 Å². The molecule has 1 aromatic rings. The third kappa shape index (κ3) is 2.38. The van der Waals surface area contributed by atoms with Crippen LogP contribution in [0.3, 0.4) is 0 Å². The summed E-state index contributed by atoms with van der Waals surface area (Å²) in [5, 5.41) is 11.2. The Balaban J connectivity index is 2.64. The number of benzene rings is 1. The third-order valence-electron chi connectivity index (χ3n) is 3.29. The Labute approximate surface area is 122 Å². The number of amides is 2. The molecule has 118 valence electrons. The van der Waals surface area contributed by atoms with Gasteiger partial charge in [0.1, 0.15) is 5.54 Å². The van der Waals surface area contributed by atoms with Crippen LogP contribution in [0.4, 0.5) is 24.5 Å². The highest BCUT2D eigenvalue weighted by Gasteiger charge is 2.52. The van der Waals surface area contributed by atoms with E-state index in [0.29, 0.717) is 4.90 Å². The minimum Gasteiger partial charge on any atom is -0.478 e. The van der Waals surface area contributed by atoms with Crippen molar-refractivity contribution in [2.24, 2.45) is 0 Å². The van der Waals surface area contributed by atoms with Gasteiger partial charge < -0.3 is 10.4 Å². The lowest BCUT2D eigenvalue weighted by Crippen LogP contribution is -2.61. The van der Waals surface area contributed by atoms with Crippen molar-refractivity contribution in [2.45, 2.75) is 25.6 Å². The summed E-state index contributed by atoms with van der Waals surface area (Å²) in [7, 11) is 0. The summed E-state index contributed by atoms with van der Waals surface area (Å²) in [6, 6.07) is 3.12. The molecule has 2 rings (SSSR count). The molecule has 2 amide bonds. The first-order valence-electron chi connectivity index (χ1n) is 6.06. The maximum absolute atomic E-state index is 12.8. The second-order valence-corrected chi connectivity index (χ2v) is 5.19. The molecule has 2 N–H and O–H groups in total. The van der Waals surface area contributed by atoms with Gasteiger partial charge in [0.05, 0.1) is 16.9 Å². The number of carbonyl (C=O) groups is 3. The van der Waals surface area contributed by atoms with E-state index in [0.717, 1.165) is 18.2 Å². The van der Waals surface area contributed by atoms with E-state index in [4.69, 9.17) is 5.11 Å². The Morgan fingerprint density at radius 3 is 2.36 bits per heavy atom. The Bertz CT molecular complexity index is 682. The number of nitrogens with one attached hydrogen (secondary N) is 1. The molecule has 0 unspecified atom stereocenters. The fraction of sp³-hybridized carbons (Fsp3) is 0.308. The summed E-state index contributed by atoms with van der Waals surface area (Å²) in [6.45, 7) is 2.33. The molecule has 9 heteroatoms. The van der Waals surface area contributed by atoms with Crippen molar-refractivity contribution in [3.8, 4) is 0 Å². The molecule has 0 saturated carbocycles. The predicted molar refractivity (Wildman–Crippen MR) is 69.7 cm³/mol. The normalized spacial score (nSPS) is 16.8. The number of fused-ring (bicyclic) bond motifs is 1. The lowest BCUT2D eigenvalue weighted by atomic mass is 9.95. The zero-order chi connectivity index (χ0) is 16.9. The summed E-state index contributed by atoms with van der Waals surface area (Å²) in [5.41, 5.74) is -2.37. The SMILES string of the molecule is CC1(C)C(=O)Nc2cc(C(=O)O)ccc2N1C(=O)C(F)(F)F. The number of rotatable bonds is 1. The van der Waals surface area contributed by atoms with Gasteiger partial charge in [-0.3, -0.25) is 14.5 Å². The largest absolute Gasteiger partial charge is 0.478 e. The molecule has 0 atom stereocenters. The maximum Gasteiger partial charge on any atom is 0.471 e. The fourth-order valence-corrected chi connectivity index (χ4v) is 2.13. The Kier molecular flexibility index (Phi) is 3.39. The highest BCUT2D eigenvalue weighted by Crippen LogP contribution is 2.39. The van der Waals surface area contributed by atoms with Crippen LogP contribution in [0, 0.1) is 0 Å². The van der Waals surface area contributed by atoms with E-state index in [2.05, 4.69) is 5.32 Å². The molecule has 6 nitrogen and oxygen atoms in total. The van der Waals surface area contributed by atoms with E-state index in [1.807, 2.05) is 0 Å². The van der Waals surface area contributed by atoms with Gasteiger partial charge in [-0.25, -0.2) is 4.79 Å². The first-order valence-corrected chi connectivity index (χ1v) is 6.06. The molecule has 0 spiro atoms.